The van der Waals surface area contributed by atoms with Crippen molar-refractivity contribution >= 4 is 32.9 Å². The average molecular weight is 424 g/mol. The van der Waals surface area contributed by atoms with Gasteiger partial charge in [-0.1, -0.05) is 40.2 Å². The van der Waals surface area contributed by atoms with Crippen molar-refractivity contribution in [2.45, 2.75) is 13.5 Å². The number of fused-ring (bicyclic) bond motifs is 1. The first-order valence-electron chi connectivity index (χ1n) is 8.63. The molecule has 0 aliphatic rings. The third kappa shape index (κ3) is 3.64. The van der Waals surface area contributed by atoms with Crippen molar-refractivity contribution < 1.29 is 4.79 Å². The van der Waals surface area contributed by atoms with Gasteiger partial charge in [0.2, 0.25) is 0 Å². The zero-order chi connectivity index (χ0) is 18.8. The Bertz CT molecular complexity index is 1100. The van der Waals surface area contributed by atoms with Gasteiger partial charge < -0.3 is 9.88 Å². The molecular weight excluding hydrogens is 406 g/mol. The number of hydrogen-bond acceptors (Lipinski definition) is 3. The summed E-state index contributed by atoms with van der Waals surface area (Å²) in [7, 11) is 0. The Morgan fingerprint density at radius 1 is 1.19 bits per heavy atom. The standard InChI is InChI=1S/C20H18BrN5O/c1-13-23-16-4-2-3-5-19(16)26(13)11-10-22-20(27)18-12-17(24-25-18)14-6-8-15(21)9-7-14/h2-9,12H,10-11H2,1H3,(H,22,27)(H,24,25). The van der Waals surface area contributed by atoms with E-state index in [4.69, 9.17) is 0 Å². The molecule has 4 rings (SSSR count). The third-order valence-corrected chi connectivity index (χ3v) is 4.96. The van der Waals surface area contributed by atoms with E-state index in [9.17, 15) is 4.79 Å². The largest absolute Gasteiger partial charge is 0.349 e. The highest BCUT2D eigenvalue weighted by atomic mass is 79.9. The lowest BCUT2D eigenvalue weighted by molar-refractivity contribution is 0.0947. The number of hydrogen-bond donors (Lipinski definition) is 2. The number of rotatable bonds is 5. The number of aryl methyl sites for hydroxylation is 1. The lowest BCUT2D eigenvalue weighted by Crippen LogP contribution is -2.27. The van der Waals surface area contributed by atoms with Crippen LogP contribution in [0.15, 0.2) is 59.1 Å². The van der Waals surface area contributed by atoms with E-state index >= 15 is 0 Å². The first-order chi connectivity index (χ1) is 13.1. The normalized spacial score (nSPS) is 11.0. The molecule has 2 N–H and O–H groups in total. The molecule has 0 atom stereocenters. The van der Waals surface area contributed by atoms with Gasteiger partial charge >= 0.3 is 0 Å². The summed E-state index contributed by atoms with van der Waals surface area (Å²) in [6.07, 6.45) is 0. The molecule has 0 spiro atoms. The maximum absolute atomic E-state index is 12.4. The molecule has 0 aliphatic heterocycles. The molecule has 2 heterocycles. The molecule has 2 aromatic carbocycles. The van der Waals surface area contributed by atoms with E-state index in [1.54, 1.807) is 6.07 Å². The Balaban J connectivity index is 1.41. The number of para-hydroxylation sites is 2. The summed E-state index contributed by atoms with van der Waals surface area (Å²) in [5.74, 6) is 0.762. The smallest absolute Gasteiger partial charge is 0.269 e. The van der Waals surface area contributed by atoms with E-state index in [1.807, 2.05) is 55.5 Å². The molecule has 0 saturated carbocycles. The summed E-state index contributed by atoms with van der Waals surface area (Å²) >= 11 is 3.41. The Hall–Kier alpha value is -2.93. The van der Waals surface area contributed by atoms with Gasteiger partial charge in [-0.25, -0.2) is 4.98 Å². The molecule has 2 aromatic heterocycles. The number of carbonyl (C=O) groups is 1. The maximum Gasteiger partial charge on any atom is 0.269 e. The summed E-state index contributed by atoms with van der Waals surface area (Å²) in [5, 5.41) is 9.98. The van der Waals surface area contributed by atoms with Crippen molar-refractivity contribution in [3.05, 3.63) is 70.6 Å². The minimum absolute atomic E-state index is 0.173. The van der Waals surface area contributed by atoms with Crippen LogP contribution in [-0.4, -0.2) is 32.2 Å². The van der Waals surface area contributed by atoms with Gasteiger partial charge in [0.15, 0.2) is 0 Å². The lowest BCUT2D eigenvalue weighted by atomic mass is 10.1. The molecule has 0 unspecified atom stereocenters. The van der Waals surface area contributed by atoms with E-state index in [-0.39, 0.29) is 5.91 Å². The molecule has 4 aromatic rings. The van der Waals surface area contributed by atoms with Crippen molar-refractivity contribution in [2.24, 2.45) is 0 Å². The molecule has 1 amide bonds. The SMILES string of the molecule is Cc1nc2ccccc2n1CCNC(=O)c1cc(-c2ccc(Br)cc2)n[nH]1. The Labute approximate surface area is 164 Å². The van der Waals surface area contributed by atoms with Crippen LogP contribution in [0.4, 0.5) is 0 Å². The van der Waals surface area contributed by atoms with Crippen LogP contribution < -0.4 is 5.32 Å². The highest BCUT2D eigenvalue weighted by molar-refractivity contribution is 9.10. The number of aromatic nitrogens is 4. The summed E-state index contributed by atoms with van der Waals surface area (Å²) < 4.78 is 3.11. The van der Waals surface area contributed by atoms with Gasteiger partial charge in [-0.05, 0) is 37.3 Å². The molecule has 0 radical (unpaired) electrons. The predicted molar refractivity (Wildman–Crippen MR) is 109 cm³/mol. The summed E-state index contributed by atoms with van der Waals surface area (Å²) in [6, 6.07) is 17.6. The number of halogens is 1. The summed E-state index contributed by atoms with van der Waals surface area (Å²) in [5.41, 5.74) is 4.18. The van der Waals surface area contributed by atoms with Crippen LogP contribution in [-0.2, 0) is 6.54 Å². The van der Waals surface area contributed by atoms with E-state index in [0.29, 0.717) is 18.8 Å². The van der Waals surface area contributed by atoms with Crippen LogP contribution in [0.2, 0.25) is 0 Å². The van der Waals surface area contributed by atoms with Crippen LogP contribution in [0.25, 0.3) is 22.3 Å². The topological polar surface area (TPSA) is 75.6 Å². The van der Waals surface area contributed by atoms with Crippen molar-refractivity contribution in [1.82, 2.24) is 25.1 Å². The van der Waals surface area contributed by atoms with Gasteiger partial charge in [0.25, 0.3) is 5.91 Å². The number of aromatic amines is 1. The summed E-state index contributed by atoms with van der Waals surface area (Å²) in [6.45, 7) is 3.14. The molecule has 136 valence electrons. The molecule has 0 saturated heterocycles. The van der Waals surface area contributed by atoms with Crippen LogP contribution in [0, 0.1) is 6.92 Å². The Morgan fingerprint density at radius 3 is 2.78 bits per heavy atom. The monoisotopic (exact) mass is 423 g/mol. The fourth-order valence-corrected chi connectivity index (χ4v) is 3.33. The highest BCUT2D eigenvalue weighted by Crippen LogP contribution is 2.20. The second-order valence-electron chi connectivity index (χ2n) is 6.23. The molecular formula is C20H18BrN5O. The van der Waals surface area contributed by atoms with Gasteiger partial charge in [0.1, 0.15) is 11.5 Å². The predicted octanol–water partition coefficient (Wildman–Crippen LogP) is 3.93. The molecule has 0 aliphatic carbocycles. The average Bonchev–Trinajstić information content (AvgIpc) is 3.27. The van der Waals surface area contributed by atoms with Crippen molar-refractivity contribution in [2.75, 3.05) is 6.54 Å². The van der Waals surface area contributed by atoms with Crippen LogP contribution in [0.3, 0.4) is 0 Å². The first kappa shape index (κ1) is 17.5. The molecule has 0 fully saturated rings. The van der Waals surface area contributed by atoms with Crippen LogP contribution in [0.1, 0.15) is 16.3 Å². The fourth-order valence-electron chi connectivity index (χ4n) is 3.06. The van der Waals surface area contributed by atoms with E-state index in [0.717, 1.165) is 32.6 Å². The van der Waals surface area contributed by atoms with Crippen molar-refractivity contribution in [3.8, 4) is 11.3 Å². The Kier molecular flexibility index (Phi) is 4.77. The van der Waals surface area contributed by atoms with Crippen LogP contribution >= 0.6 is 15.9 Å². The van der Waals surface area contributed by atoms with E-state index < -0.39 is 0 Å². The minimum Gasteiger partial charge on any atom is -0.349 e. The lowest BCUT2D eigenvalue weighted by Gasteiger charge is -2.07. The van der Waals surface area contributed by atoms with Gasteiger partial charge in [0.05, 0.1) is 16.7 Å². The molecule has 0 bridgehead atoms. The quantitative estimate of drug-likeness (QED) is 0.510. The van der Waals surface area contributed by atoms with E-state index in [2.05, 4.69) is 41.0 Å². The number of amides is 1. The third-order valence-electron chi connectivity index (χ3n) is 4.43. The summed E-state index contributed by atoms with van der Waals surface area (Å²) in [4.78, 5) is 16.9. The van der Waals surface area contributed by atoms with Crippen molar-refractivity contribution in [1.29, 1.82) is 0 Å². The van der Waals surface area contributed by atoms with Gasteiger partial charge in [-0.2, -0.15) is 5.10 Å². The number of nitrogens with one attached hydrogen (secondary N) is 2. The van der Waals surface area contributed by atoms with Crippen LogP contribution in [0.5, 0.6) is 0 Å². The van der Waals surface area contributed by atoms with Crippen molar-refractivity contribution in [3.63, 3.8) is 0 Å². The van der Waals surface area contributed by atoms with E-state index in [1.165, 1.54) is 0 Å². The number of imidazole rings is 1. The molecule has 7 heteroatoms. The number of benzene rings is 2. The fraction of sp³-hybridized carbons (Fsp3) is 0.150. The second kappa shape index (κ2) is 7.36. The highest BCUT2D eigenvalue weighted by Gasteiger charge is 2.12. The molecule has 27 heavy (non-hydrogen) atoms. The Morgan fingerprint density at radius 2 is 1.96 bits per heavy atom. The number of H-pyrrole nitrogens is 1. The zero-order valence-electron chi connectivity index (χ0n) is 14.7. The van der Waals surface area contributed by atoms with Gasteiger partial charge in [-0.15, -0.1) is 0 Å². The number of nitrogens with zero attached hydrogens (tertiary/aromatic N) is 3. The van der Waals surface area contributed by atoms with Gasteiger partial charge in [0, 0.05) is 23.1 Å². The maximum atomic E-state index is 12.4. The minimum atomic E-state index is -0.173. The van der Waals surface area contributed by atoms with Gasteiger partial charge in [-0.3, -0.25) is 9.89 Å². The number of carbonyl (C=O) groups excluding carboxylic acids is 1. The second-order valence-corrected chi connectivity index (χ2v) is 7.14. The first-order valence-corrected chi connectivity index (χ1v) is 9.42. The molecule has 6 nitrogen and oxygen atoms in total. The zero-order valence-corrected chi connectivity index (χ0v) is 16.3.